The lowest BCUT2D eigenvalue weighted by Gasteiger charge is -2.64. The summed E-state index contributed by atoms with van der Waals surface area (Å²) in [6, 6.07) is 7.17. The van der Waals surface area contributed by atoms with E-state index in [1.807, 2.05) is 30.2 Å². The van der Waals surface area contributed by atoms with Crippen LogP contribution >= 0.6 is 0 Å². The fourth-order valence-electron chi connectivity index (χ4n) is 16.5. The van der Waals surface area contributed by atoms with Crippen LogP contribution < -0.4 is 5.32 Å². The van der Waals surface area contributed by atoms with Gasteiger partial charge in [-0.15, -0.1) is 5.92 Å². The van der Waals surface area contributed by atoms with Gasteiger partial charge in [-0.3, -0.25) is 14.9 Å². The minimum atomic E-state index is -3.01. The number of rotatable bonds is 7. The molecule has 7 bridgehead atoms. The molecule has 8 N–H and O–H groups in total. The average molecular weight is 912 g/mol. The smallest absolute Gasteiger partial charge is 0.240 e. The Kier molecular flexibility index (Phi) is 10.6. The van der Waals surface area contributed by atoms with Gasteiger partial charge in [0, 0.05) is 91.5 Å². The highest BCUT2D eigenvalue weighted by Gasteiger charge is 2.77. The van der Waals surface area contributed by atoms with Crippen molar-refractivity contribution in [1.82, 2.24) is 15.2 Å². The number of ether oxygens (including phenoxy) is 3. The molecule has 17 unspecified atom stereocenters. The third kappa shape index (κ3) is 5.97. The lowest BCUT2D eigenvalue weighted by molar-refractivity contribution is -0.345. The van der Waals surface area contributed by atoms with Crippen LogP contribution in [0.25, 0.3) is 10.9 Å². The second kappa shape index (κ2) is 15.4. The molecule has 66 heavy (non-hydrogen) atoms. The van der Waals surface area contributed by atoms with Crippen molar-refractivity contribution in [3.63, 3.8) is 0 Å². The summed E-state index contributed by atoms with van der Waals surface area (Å²) in [5.41, 5.74) is -4.92. The van der Waals surface area contributed by atoms with Crippen molar-refractivity contribution >= 4 is 22.6 Å². The first kappa shape index (κ1) is 45.3. The first-order valence-electron chi connectivity index (χ1n) is 24.8. The van der Waals surface area contributed by atoms with Gasteiger partial charge in [0.25, 0.3) is 0 Å². The average Bonchev–Trinajstić information content (AvgIpc) is 3.66. The zero-order chi connectivity index (χ0) is 46.4. The van der Waals surface area contributed by atoms with Gasteiger partial charge in [-0.05, 0) is 118 Å². The number of carbonyl (C=O) groups is 2. The number of aliphatic hydroxyl groups is 6. The molecule has 12 rings (SSSR count). The molecule has 2 spiro atoms. The Balaban J connectivity index is 1.02. The van der Waals surface area contributed by atoms with Gasteiger partial charge >= 0.3 is 0 Å². The van der Waals surface area contributed by atoms with Crippen LogP contribution in [0.15, 0.2) is 42.1 Å². The molecule has 2 aromatic rings. The summed E-state index contributed by atoms with van der Waals surface area (Å²) in [7, 11) is 1.66. The number of piperidine rings is 1. The van der Waals surface area contributed by atoms with E-state index in [1.54, 1.807) is 13.2 Å². The lowest BCUT2D eigenvalue weighted by atomic mass is 9.39. The Morgan fingerprint density at radius 3 is 2.58 bits per heavy atom. The van der Waals surface area contributed by atoms with E-state index in [1.165, 1.54) is 6.92 Å². The number of hydrogen-bond acceptors (Lipinski definition) is 12. The SMILES string of the molecule is COCCCOC1CCC2(C)C(C1)C(=O)C=C1C3(O)CCC4C(C)(O)C(O)(O)C5OC6C(O)NC(C(=O)N7CC7CC#CC12CCC43C)C1(CCC(c2cccc3[nH]ccc23)C1)C6C5CO. The van der Waals surface area contributed by atoms with Gasteiger partial charge < -0.3 is 54.7 Å². The van der Waals surface area contributed by atoms with Crippen LogP contribution in [-0.4, -0.2) is 139 Å². The number of aromatic amines is 1. The highest BCUT2D eigenvalue weighted by atomic mass is 16.6. The lowest BCUT2D eigenvalue weighted by Crippen LogP contribution is -2.70. The van der Waals surface area contributed by atoms with Crippen molar-refractivity contribution in [2.75, 3.05) is 33.5 Å². The maximum atomic E-state index is 15.2. The second-order valence-electron chi connectivity index (χ2n) is 22.7. The van der Waals surface area contributed by atoms with Crippen LogP contribution in [0.5, 0.6) is 0 Å². The molecular formula is C52H69N3O11. The molecule has 4 saturated carbocycles. The van der Waals surface area contributed by atoms with Crippen LogP contribution in [-0.2, 0) is 23.8 Å². The number of fused-ring (bicyclic) bond motifs is 5. The third-order valence-corrected chi connectivity index (χ3v) is 20.1. The molecule has 14 nitrogen and oxygen atoms in total. The normalized spacial score (nSPS) is 47.8. The third-order valence-electron chi connectivity index (χ3n) is 20.1. The van der Waals surface area contributed by atoms with Gasteiger partial charge in [0.1, 0.15) is 24.0 Å². The summed E-state index contributed by atoms with van der Waals surface area (Å²) in [4.78, 5) is 34.9. The Morgan fingerprint density at radius 2 is 1.79 bits per heavy atom. The molecule has 0 radical (unpaired) electrons. The van der Waals surface area contributed by atoms with Gasteiger partial charge in [-0.25, -0.2) is 0 Å². The van der Waals surface area contributed by atoms with E-state index < -0.39 is 93.4 Å². The second-order valence-corrected chi connectivity index (χ2v) is 22.7. The molecule has 10 aliphatic rings. The predicted octanol–water partition coefficient (Wildman–Crippen LogP) is 3.42. The first-order chi connectivity index (χ1) is 31.4. The standard InChI is InChI=1S/C52H69N3O11/c1-46-16-12-31(65-23-7-22-64-4)24-35(46)37(57)25-39-50(46)15-6-8-30-27-55(30)45(59)42-49(17-11-29(26-49)32-9-5-10-36-33(32)14-21-53-36)40-34(28-56)43(66-41(40)44(58)54-42)52(62,63)48(3,60)38-13-18-51(39,61)47(38,2)19-20-50/h5,9-10,14,21,25,29-31,34-35,38,40-44,53-54,56,58,60-63H,7-8,11-13,16-20,22-24,26-28H2,1-4H3. The number of aromatic nitrogens is 1. The van der Waals surface area contributed by atoms with Gasteiger partial charge in [-0.1, -0.05) is 31.9 Å². The molecule has 358 valence electrons. The first-order valence-corrected chi connectivity index (χ1v) is 24.8. The van der Waals surface area contributed by atoms with E-state index in [9.17, 15) is 35.4 Å². The van der Waals surface area contributed by atoms with Crippen molar-refractivity contribution < 1.29 is 54.4 Å². The molecule has 1 aromatic heterocycles. The van der Waals surface area contributed by atoms with Crippen molar-refractivity contribution in [2.24, 2.45) is 45.3 Å². The van der Waals surface area contributed by atoms with E-state index in [0.717, 1.165) is 29.3 Å². The van der Waals surface area contributed by atoms with Gasteiger partial charge in [0.2, 0.25) is 11.7 Å². The van der Waals surface area contributed by atoms with E-state index in [4.69, 9.17) is 14.2 Å². The predicted molar refractivity (Wildman–Crippen MR) is 241 cm³/mol. The molecule has 14 heteroatoms. The van der Waals surface area contributed by atoms with Crippen LogP contribution in [0, 0.1) is 57.2 Å². The number of amides is 1. The molecule has 6 heterocycles. The number of benzene rings is 1. The molecule has 3 saturated heterocycles. The summed E-state index contributed by atoms with van der Waals surface area (Å²) in [5.74, 6) is 1.05. The number of allylic oxidation sites excluding steroid dienone is 1. The van der Waals surface area contributed by atoms with Crippen molar-refractivity contribution in [1.29, 1.82) is 0 Å². The molecule has 5 aliphatic heterocycles. The highest BCUT2D eigenvalue weighted by Crippen LogP contribution is 2.74. The van der Waals surface area contributed by atoms with Crippen LogP contribution in [0.2, 0.25) is 0 Å². The Morgan fingerprint density at radius 1 is 0.970 bits per heavy atom. The van der Waals surface area contributed by atoms with Crippen LogP contribution in [0.3, 0.4) is 0 Å². The molecule has 1 amide bonds. The molecule has 5 aliphatic carbocycles. The van der Waals surface area contributed by atoms with Crippen LogP contribution in [0.1, 0.15) is 109 Å². The summed E-state index contributed by atoms with van der Waals surface area (Å²) in [6.07, 6.45) is 5.44. The fourth-order valence-corrected chi connectivity index (χ4v) is 16.5. The highest BCUT2D eigenvalue weighted by molar-refractivity contribution is 5.96. The molecule has 1 aromatic carbocycles. The number of H-pyrrole nitrogens is 1. The van der Waals surface area contributed by atoms with Gasteiger partial charge in [-0.2, -0.15) is 0 Å². The maximum absolute atomic E-state index is 15.2. The fraction of sp³-hybridized carbons (Fsp3) is 0.731. The number of hydrogen-bond donors (Lipinski definition) is 8. The minimum absolute atomic E-state index is 0.0127. The Bertz CT molecular complexity index is 2390. The molecular weight excluding hydrogens is 843 g/mol. The topological polar surface area (TPSA) is 214 Å². The summed E-state index contributed by atoms with van der Waals surface area (Å²) in [5, 5.41) is 79.9. The zero-order valence-corrected chi connectivity index (χ0v) is 38.8. The van der Waals surface area contributed by atoms with E-state index in [2.05, 4.69) is 41.2 Å². The summed E-state index contributed by atoms with van der Waals surface area (Å²) in [6.45, 7) is 6.48. The van der Waals surface area contributed by atoms with E-state index in [-0.39, 0.29) is 42.6 Å². The van der Waals surface area contributed by atoms with Crippen LogP contribution in [0.4, 0.5) is 0 Å². The molecule has 17 atom stereocenters. The monoisotopic (exact) mass is 911 g/mol. The van der Waals surface area contributed by atoms with E-state index >= 15 is 4.79 Å². The quantitative estimate of drug-likeness (QED) is 0.0870. The summed E-state index contributed by atoms with van der Waals surface area (Å²) < 4.78 is 18.2. The van der Waals surface area contributed by atoms with Gasteiger partial charge in [0.05, 0.1) is 29.2 Å². The van der Waals surface area contributed by atoms with E-state index in [0.29, 0.717) is 76.7 Å². The number of nitrogens with one attached hydrogen (secondary N) is 2. The number of carbonyl (C=O) groups excluding carboxylic acids is 2. The van der Waals surface area contributed by atoms with Crippen molar-refractivity contribution in [2.45, 2.75) is 157 Å². The Hall–Kier alpha value is -3.20. The van der Waals surface area contributed by atoms with Crippen molar-refractivity contribution in [3.8, 4) is 11.8 Å². The minimum Gasteiger partial charge on any atom is -0.396 e. The largest absolute Gasteiger partial charge is 0.396 e. The number of methoxy groups -OCH3 is 1. The number of aliphatic hydroxyl groups excluding tert-OH is 2. The Labute approximate surface area is 386 Å². The zero-order valence-electron chi connectivity index (χ0n) is 38.8. The number of ketones is 1. The molecule has 7 fully saturated rings. The summed E-state index contributed by atoms with van der Waals surface area (Å²) >= 11 is 0. The van der Waals surface area contributed by atoms with Crippen molar-refractivity contribution in [3.05, 3.63) is 47.7 Å². The maximum Gasteiger partial charge on any atom is 0.240 e. The number of nitrogens with zero attached hydrogens (tertiary/aromatic N) is 1. The van der Waals surface area contributed by atoms with Gasteiger partial charge in [0.15, 0.2) is 5.78 Å².